The van der Waals surface area contributed by atoms with Gasteiger partial charge in [-0.2, -0.15) is 17.6 Å². The van der Waals surface area contributed by atoms with Gasteiger partial charge in [0.25, 0.3) is 0 Å². The molecule has 2 fully saturated rings. The van der Waals surface area contributed by atoms with E-state index in [1.54, 1.807) is 0 Å². The lowest BCUT2D eigenvalue weighted by molar-refractivity contribution is -0.201. The number of hydrogen-bond donors (Lipinski definition) is 0. The summed E-state index contributed by atoms with van der Waals surface area (Å²) in [7, 11) is 0. The van der Waals surface area contributed by atoms with E-state index in [0.717, 1.165) is 22.3 Å². The molecule has 2 aliphatic rings. The number of ether oxygens (including phenoxy) is 2. The Balaban J connectivity index is 1.09. The van der Waals surface area contributed by atoms with Gasteiger partial charge >= 0.3 is 11.9 Å². The number of carbonyl (C=O) groups excluding carboxylic acids is 2. The number of rotatable bonds is 10. The van der Waals surface area contributed by atoms with E-state index in [1.807, 2.05) is 0 Å². The van der Waals surface area contributed by atoms with Crippen LogP contribution < -0.4 is 9.47 Å². The Hall–Kier alpha value is -5.76. The molecule has 0 aromatic heterocycles. The monoisotopic (exact) mass is 834 g/mol. The summed E-state index contributed by atoms with van der Waals surface area (Å²) in [5.41, 5.74) is -4.60. The molecule has 0 saturated carbocycles. The number of halogens is 12. The predicted molar refractivity (Wildman–Crippen MR) is 173 cm³/mol. The Morgan fingerprint density at radius 2 is 0.724 bits per heavy atom. The average Bonchev–Trinajstić information content (AvgIpc) is 3.22. The van der Waals surface area contributed by atoms with Crippen molar-refractivity contribution in [2.45, 2.75) is 36.9 Å². The number of hydrogen-bond acceptors (Lipinski definition) is 8. The van der Waals surface area contributed by atoms with Crippen LogP contribution in [0.15, 0.2) is 60.7 Å². The van der Waals surface area contributed by atoms with Gasteiger partial charge < -0.3 is 19.1 Å². The zero-order valence-corrected chi connectivity index (χ0v) is 29.3. The normalized spacial score (nSPS) is 17.0. The second-order valence-corrected chi connectivity index (χ2v) is 13.0. The fourth-order valence-electron chi connectivity index (χ4n) is 6.58. The molecule has 4 aromatic rings. The lowest BCUT2D eigenvalue weighted by Crippen LogP contribution is -2.47. The molecule has 6 rings (SSSR count). The lowest BCUT2D eigenvalue weighted by Gasteiger charge is -2.41. The summed E-state index contributed by atoms with van der Waals surface area (Å²) in [6, 6.07) is 9.57. The Morgan fingerprint density at radius 1 is 0.448 bits per heavy atom. The molecule has 0 spiro atoms. The standard InChI is InChI=1S/C38H26F12N2O6/c39-21-7-3-1-5-19(21)37(55-35-31(47)27(43)25(41)28(44)32(35)48)11-15-51(16-12-37)57-23(53)9-10-24(54)58-52-17-13-38(14-18-52,20-6-2-4-8-22(20)40)56-36-33(49)29(45)26(42)30(46)34(36)50/h1-10H,11-18H2/b10-9-. The van der Waals surface area contributed by atoms with Crippen LogP contribution in [0.2, 0.25) is 0 Å². The number of hydroxylamine groups is 4. The summed E-state index contributed by atoms with van der Waals surface area (Å²) in [6.45, 7) is -1.34. The summed E-state index contributed by atoms with van der Waals surface area (Å²) in [5.74, 6) is -30.6. The molecule has 0 unspecified atom stereocenters. The van der Waals surface area contributed by atoms with Crippen molar-refractivity contribution < 1.29 is 81.4 Å². The van der Waals surface area contributed by atoms with E-state index in [9.17, 15) is 62.3 Å². The van der Waals surface area contributed by atoms with Crippen molar-refractivity contribution in [2.24, 2.45) is 0 Å². The molecule has 0 aliphatic carbocycles. The maximum absolute atomic E-state index is 15.0. The molecule has 4 aromatic carbocycles. The minimum absolute atomic E-state index is 0.291. The van der Waals surface area contributed by atoms with Gasteiger partial charge in [0.2, 0.25) is 58.2 Å². The Morgan fingerprint density at radius 3 is 1.02 bits per heavy atom. The number of nitrogens with zero attached hydrogens (tertiary/aromatic N) is 2. The van der Waals surface area contributed by atoms with Gasteiger partial charge in [0, 0.05) is 75.1 Å². The van der Waals surface area contributed by atoms with Crippen molar-refractivity contribution in [2.75, 3.05) is 26.2 Å². The predicted octanol–water partition coefficient (Wildman–Crippen LogP) is 8.27. The third kappa shape index (κ3) is 8.02. The molecule has 2 heterocycles. The molecule has 20 heteroatoms. The van der Waals surface area contributed by atoms with Crippen LogP contribution in [0.3, 0.4) is 0 Å². The Labute approximate surface area is 319 Å². The van der Waals surface area contributed by atoms with Gasteiger partial charge in [0.1, 0.15) is 22.8 Å². The quantitative estimate of drug-likeness (QED) is 0.0685. The molecule has 0 amide bonds. The highest BCUT2D eigenvalue weighted by molar-refractivity contribution is 5.91. The van der Waals surface area contributed by atoms with Crippen molar-refractivity contribution >= 4 is 11.9 Å². The molecule has 8 nitrogen and oxygen atoms in total. The second kappa shape index (κ2) is 16.6. The Bertz CT molecular complexity index is 2060. The number of benzene rings is 4. The molecule has 2 saturated heterocycles. The summed E-state index contributed by atoms with van der Waals surface area (Å²) < 4.78 is 182. The van der Waals surface area contributed by atoms with Crippen molar-refractivity contribution in [1.29, 1.82) is 0 Å². The first kappa shape index (κ1) is 41.9. The van der Waals surface area contributed by atoms with Crippen LogP contribution in [0.5, 0.6) is 11.5 Å². The SMILES string of the molecule is O=C(/C=C\C(=O)ON1CCC(Oc2c(F)c(F)c(F)c(F)c2F)(c2ccccc2F)CC1)ON1CCC(Oc2c(F)c(F)c(F)c(F)c2F)(c2ccccc2F)CC1. The molecular formula is C38H26F12N2O6. The zero-order valence-electron chi connectivity index (χ0n) is 29.3. The molecule has 0 bridgehead atoms. The lowest BCUT2D eigenvalue weighted by atomic mass is 9.84. The summed E-state index contributed by atoms with van der Waals surface area (Å²) in [5, 5.41) is 1.99. The third-order valence-electron chi connectivity index (χ3n) is 9.52. The highest BCUT2D eigenvalue weighted by Crippen LogP contribution is 2.44. The number of piperidine rings is 2. The maximum Gasteiger partial charge on any atom is 0.349 e. The van der Waals surface area contributed by atoms with E-state index in [-0.39, 0.29) is 37.3 Å². The molecule has 0 radical (unpaired) electrons. The number of carbonyl (C=O) groups is 2. The minimum Gasteiger partial charge on any atom is -0.476 e. The van der Waals surface area contributed by atoms with Gasteiger partial charge in [-0.1, -0.05) is 36.4 Å². The summed E-state index contributed by atoms with van der Waals surface area (Å²) in [6.07, 6.45) is -0.389. The molecule has 2 aliphatic heterocycles. The van der Waals surface area contributed by atoms with Gasteiger partial charge in [-0.25, -0.2) is 44.7 Å². The van der Waals surface area contributed by atoms with E-state index in [4.69, 9.17) is 19.1 Å². The van der Waals surface area contributed by atoms with Crippen LogP contribution in [-0.2, 0) is 30.5 Å². The zero-order chi connectivity index (χ0) is 42.1. The fourth-order valence-corrected chi connectivity index (χ4v) is 6.58. The third-order valence-corrected chi connectivity index (χ3v) is 9.52. The van der Waals surface area contributed by atoms with E-state index in [0.29, 0.717) is 12.2 Å². The minimum atomic E-state index is -2.43. The molecule has 0 N–H and O–H groups in total. The first-order valence-electron chi connectivity index (χ1n) is 17.0. The van der Waals surface area contributed by atoms with Crippen molar-refractivity contribution in [3.63, 3.8) is 0 Å². The van der Waals surface area contributed by atoms with Crippen LogP contribution in [0, 0.1) is 69.8 Å². The van der Waals surface area contributed by atoms with Gasteiger partial charge in [0.05, 0.1) is 0 Å². The summed E-state index contributed by atoms with van der Waals surface area (Å²) >= 11 is 0. The average molecular weight is 835 g/mol. The van der Waals surface area contributed by atoms with Gasteiger partial charge in [-0.3, -0.25) is 0 Å². The van der Waals surface area contributed by atoms with Crippen LogP contribution in [0.25, 0.3) is 0 Å². The molecular weight excluding hydrogens is 808 g/mol. The van der Waals surface area contributed by atoms with Crippen LogP contribution in [-0.4, -0.2) is 48.2 Å². The molecule has 308 valence electrons. The maximum atomic E-state index is 15.0. The van der Waals surface area contributed by atoms with E-state index in [2.05, 4.69) is 0 Å². The topological polar surface area (TPSA) is 77.5 Å². The first-order chi connectivity index (χ1) is 27.5. The van der Waals surface area contributed by atoms with E-state index in [1.165, 1.54) is 36.4 Å². The Kier molecular flexibility index (Phi) is 12.0. The van der Waals surface area contributed by atoms with E-state index < -0.39 is 130 Å². The second-order valence-electron chi connectivity index (χ2n) is 13.0. The highest BCUT2D eigenvalue weighted by Gasteiger charge is 2.45. The largest absolute Gasteiger partial charge is 0.476 e. The molecule has 0 atom stereocenters. The fraction of sp³-hybridized carbons (Fsp3) is 0.263. The van der Waals surface area contributed by atoms with Crippen LogP contribution in [0.4, 0.5) is 52.7 Å². The smallest absolute Gasteiger partial charge is 0.349 e. The highest BCUT2D eigenvalue weighted by atomic mass is 19.2. The van der Waals surface area contributed by atoms with E-state index >= 15 is 0 Å². The first-order valence-corrected chi connectivity index (χ1v) is 17.0. The molecule has 58 heavy (non-hydrogen) atoms. The van der Waals surface area contributed by atoms with Crippen LogP contribution >= 0.6 is 0 Å². The van der Waals surface area contributed by atoms with Crippen molar-refractivity contribution in [3.8, 4) is 11.5 Å². The van der Waals surface area contributed by atoms with Crippen molar-refractivity contribution in [1.82, 2.24) is 10.1 Å². The van der Waals surface area contributed by atoms with Crippen LogP contribution in [0.1, 0.15) is 36.8 Å². The summed E-state index contributed by atoms with van der Waals surface area (Å²) in [4.78, 5) is 35.5. The van der Waals surface area contributed by atoms with Gasteiger partial charge in [-0.15, -0.1) is 10.1 Å². The van der Waals surface area contributed by atoms with Gasteiger partial charge in [0.15, 0.2) is 11.5 Å². The van der Waals surface area contributed by atoms with Gasteiger partial charge in [-0.05, 0) is 12.1 Å². The van der Waals surface area contributed by atoms with Crippen molar-refractivity contribution in [3.05, 3.63) is 142 Å².